The lowest BCUT2D eigenvalue weighted by Gasteiger charge is -2.08. The van der Waals surface area contributed by atoms with Crippen molar-refractivity contribution in [1.82, 2.24) is 9.13 Å². The van der Waals surface area contributed by atoms with Gasteiger partial charge < -0.3 is 5.11 Å². The van der Waals surface area contributed by atoms with Crippen molar-refractivity contribution >= 4 is 23.3 Å². The first-order valence-corrected chi connectivity index (χ1v) is 6.62. The van der Waals surface area contributed by atoms with Crippen LogP contribution in [0.25, 0.3) is 0 Å². The molecule has 0 fully saturated rings. The molecule has 1 aromatic heterocycles. The minimum atomic E-state index is -1.23. The van der Waals surface area contributed by atoms with Crippen molar-refractivity contribution in [3.8, 4) is 0 Å². The molecule has 0 aliphatic carbocycles. The maximum atomic E-state index is 12.1. The molecular weight excluding hydrogens is 330 g/mol. The summed E-state index contributed by atoms with van der Waals surface area (Å²) in [5.41, 5.74) is -1.31. The molecule has 1 heterocycles. The molecule has 0 atom stereocenters. The number of nitro groups is 1. The number of halogens is 1. The first-order valence-electron chi connectivity index (χ1n) is 6.24. The van der Waals surface area contributed by atoms with Gasteiger partial charge in [-0.1, -0.05) is 17.7 Å². The third kappa shape index (κ3) is 3.64. The molecule has 0 spiro atoms. The van der Waals surface area contributed by atoms with E-state index in [0.717, 1.165) is 21.4 Å². The second-order valence-corrected chi connectivity index (χ2v) is 4.99. The van der Waals surface area contributed by atoms with E-state index in [0.29, 0.717) is 5.56 Å². The van der Waals surface area contributed by atoms with E-state index < -0.39 is 28.7 Å². The largest absolute Gasteiger partial charge is 0.480 e. The Kier molecular flexibility index (Phi) is 4.60. The number of nitro benzene ring substituents is 1. The summed E-state index contributed by atoms with van der Waals surface area (Å²) in [4.78, 5) is 44.7. The second-order valence-electron chi connectivity index (χ2n) is 4.59. The normalized spacial score (nSPS) is 10.5. The molecular formula is C13H10ClN3O6. The van der Waals surface area contributed by atoms with Crippen molar-refractivity contribution in [2.45, 2.75) is 13.1 Å². The van der Waals surface area contributed by atoms with Crippen molar-refractivity contribution in [3.63, 3.8) is 0 Å². The highest BCUT2D eigenvalue weighted by Crippen LogP contribution is 2.24. The highest BCUT2D eigenvalue weighted by atomic mass is 35.5. The number of hydrogen-bond acceptors (Lipinski definition) is 5. The molecule has 9 nitrogen and oxygen atoms in total. The summed E-state index contributed by atoms with van der Waals surface area (Å²) in [5.74, 6) is -1.23. The number of rotatable bonds is 5. The van der Waals surface area contributed by atoms with E-state index in [1.165, 1.54) is 18.2 Å². The Hall–Kier alpha value is -2.94. The Labute approximate surface area is 133 Å². The average molecular weight is 340 g/mol. The van der Waals surface area contributed by atoms with E-state index in [2.05, 4.69) is 0 Å². The topological polar surface area (TPSA) is 124 Å². The number of aliphatic carboxylic acids is 1. The molecule has 0 saturated heterocycles. The zero-order valence-electron chi connectivity index (χ0n) is 11.5. The summed E-state index contributed by atoms with van der Waals surface area (Å²) in [7, 11) is 0. The van der Waals surface area contributed by atoms with Gasteiger partial charge in [-0.05, 0) is 11.6 Å². The number of nitrogens with zero attached hydrogens (tertiary/aromatic N) is 3. The standard InChI is InChI=1S/C13H10ClN3O6/c14-9-5-8(1-2-10(9)17(22)23)6-16-11(18)3-4-15(13(16)21)7-12(19)20/h1-5H,6-7H2,(H,19,20). The van der Waals surface area contributed by atoms with Crippen LogP contribution in [0.3, 0.4) is 0 Å². The average Bonchev–Trinajstić information content (AvgIpc) is 2.46. The van der Waals surface area contributed by atoms with E-state index in [4.69, 9.17) is 16.7 Å². The van der Waals surface area contributed by atoms with E-state index in [9.17, 15) is 24.5 Å². The third-order valence-corrected chi connectivity index (χ3v) is 3.30. The van der Waals surface area contributed by atoms with Gasteiger partial charge in [0.05, 0.1) is 11.5 Å². The number of hydrogen-bond donors (Lipinski definition) is 1. The van der Waals surface area contributed by atoms with Gasteiger partial charge in [0.1, 0.15) is 11.6 Å². The highest BCUT2D eigenvalue weighted by molar-refractivity contribution is 6.32. The Bertz CT molecular complexity index is 901. The number of carboxylic acids is 1. The van der Waals surface area contributed by atoms with Crippen molar-refractivity contribution < 1.29 is 14.8 Å². The Morgan fingerprint density at radius 2 is 2.00 bits per heavy atom. The van der Waals surface area contributed by atoms with Crippen LogP contribution in [-0.4, -0.2) is 25.1 Å². The minimum Gasteiger partial charge on any atom is -0.480 e. The fourth-order valence-corrected chi connectivity index (χ4v) is 2.22. The predicted octanol–water partition coefficient (Wildman–Crippen LogP) is 0.705. The molecule has 0 aliphatic heterocycles. The lowest BCUT2D eigenvalue weighted by molar-refractivity contribution is -0.384. The van der Waals surface area contributed by atoms with E-state index >= 15 is 0 Å². The van der Waals surface area contributed by atoms with Gasteiger partial charge in [-0.3, -0.25) is 28.8 Å². The molecule has 10 heteroatoms. The molecule has 0 amide bonds. The van der Waals surface area contributed by atoms with Crippen LogP contribution in [0, 0.1) is 10.1 Å². The summed E-state index contributed by atoms with van der Waals surface area (Å²) < 4.78 is 1.69. The molecule has 0 saturated carbocycles. The predicted molar refractivity (Wildman–Crippen MR) is 79.8 cm³/mol. The molecule has 23 heavy (non-hydrogen) atoms. The van der Waals surface area contributed by atoms with Gasteiger partial charge in [0, 0.05) is 18.3 Å². The van der Waals surface area contributed by atoms with Gasteiger partial charge in [0.15, 0.2) is 0 Å². The molecule has 120 valence electrons. The molecule has 1 aromatic carbocycles. The maximum Gasteiger partial charge on any atom is 0.331 e. The number of carbonyl (C=O) groups is 1. The molecule has 0 unspecified atom stereocenters. The second kappa shape index (κ2) is 6.44. The summed E-state index contributed by atoms with van der Waals surface area (Å²) in [6.07, 6.45) is 1.10. The molecule has 0 aliphatic rings. The van der Waals surface area contributed by atoms with Crippen molar-refractivity contribution in [2.24, 2.45) is 0 Å². The first kappa shape index (κ1) is 16.4. The fourth-order valence-electron chi connectivity index (χ4n) is 1.95. The van der Waals surface area contributed by atoms with Crippen LogP contribution in [0.4, 0.5) is 5.69 Å². The lowest BCUT2D eigenvalue weighted by Crippen LogP contribution is -2.40. The summed E-state index contributed by atoms with van der Waals surface area (Å²) in [6, 6.07) is 4.88. The first-order chi connectivity index (χ1) is 10.8. The van der Waals surface area contributed by atoms with Gasteiger partial charge in [0.2, 0.25) is 0 Å². The molecule has 0 bridgehead atoms. The molecule has 2 rings (SSSR count). The lowest BCUT2D eigenvalue weighted by atomic mass is 10.2. The van der Waals surface area contributed by atoms with Gasteiger partial charge in [-0.25, -0.2) is 4.79 Å². The van der Waals surface area contributed by atoms with Gasteiger partial charge in [0.25, 0.3) is 11.2 Å². The molecule has 1 N–H and O–H groups in total. The van der Waals surface area contributed by atoms with Crippen LogP contribution in [0.1, 0.15) is 5.56 Å². The number of aromatic nitrogens is 2. The van der Waals surface area contributed by atoms with Crippen LogP contribution in [0.5, 0.6) is 0 Å². The van der Waals surface area contributed by atoms with E-state index in [-0.39, 0.29) is 17.3 Å². The van der Waals surface area contributed by atoms with Crippen molar-refractivity contribution in [3.05, 3.63) is 72.0 Å². The quantitative estimate of drug-likeness (QED) is 0.631. The third-order valence-electron chi connectivity index (χ3n) is 2.99. The van der Waals surface area contributed by atoms with Gasteiger partial charge in [-0.15, -0.1) is 0 Å². The minimum absolute atomic E-state index is 0.123. The zero-order valence-corrected chi connectivity index (χ0v) is 12.3. The number of carboxylic acid groups (broad SMARTS) is 1. The molecule has 2 aromatic rings. The van der Waals surface area contributed by atoms with Gasteiger partial charge >= 0.3 is 11.7 Å². The summed E-state index contributed by atoms with van der Waals surface area (Å²) in [5, 5.41) is 19.3. The number of benzene rings is 1. The van der Waals surface area contributed by atoms with Crippen molar-refractivity contribution in [1.29, 1.82) is 0 Å². The Morgan fingerprint density at radius 3 is 2.57 bits per heavy atom. The van der Waals surface area contributed by atoms with Gasteiger partial charge in [-0.2, -0.15) is 0 Å². The van der Waals surface area contributed by atoms with Crippen LogP contribution < -0.4 is 11.2 Å². The van der Waals surface area contributed by atoms with Crippen LogP contribution in [0.15, 0.2) is 40.1 Å². The zero-order chi connectivity index (χ0) is 17.1. The van der Waals surface area contributed by atoms with E-state index in [1.54, 1.807) is 0 Å². The smallest absolute Gasteiger partial charge is 0.331 e. The van der Waals surface area contributed by atoms with Crippen LogP contribution in [-0.2, 0) is 17.9 Å². The highest BCUT2D eigenvalue weighted by Gasteiger charge is 2.14. The molecule has 0 radical (unpaired) electrons. The Balaban J connectivity index is 2.42. The van der Waals surface area contributed by atoms with E-state index in [1.807, 2.05) is 0 Å². The van der Waals surface area contributed by atoms with Crippen LogP contribution in [0.2, 0.25) is 5.02 Å². The monoisotopic (exact) mass is 339 g/mol. The summed E-state index contributed by atoms with van der Waals surface area (Å²) >= 11 is 5.78. The Morgan fingerprint density at radius 1 is 1.30 bits per heavy atom. The SMILES string of the molecule is O=C(O)Cn1ccc(=O)n(Cc2ccc([N+](=O)[O-])c(Cl)c2)c1=O. The fraction of sp³-hybridized carbons (Fsp3) is 0.154. The maximum absolute atomic E-state index is 12.1. The van der Waals surface area contributed by atoms with Crippen molar-refractivity contribution in [2.75, 3.05) is 0 Å². The summed E-state index contributed by atoms with van der Waals surface area (Å²) in [6.45, 7) is -0.768. The van der Waals surface area contributed by atoms with Crippen LogP contribution >= 0.6 is 11.6 Å².